The quantitative estimate of drug-likeness (QED) is 0.703. The Morgan fingerprint density at radius 3 is 2.88 bits per heavy atom. The summed E-state index contributed by atoms with van der Waals surface area (Å²) in [4.78, 5) is 0. The predicted octanol–water partition coefficient (Wildman–Crippen LogP) is 2.50. The average molecular weight is 257 g/mol. The molecule has 4 heteroatoms. The lowest BCUT2D eigenvalue weighted by Crippen LogP contribution is -2.29. The van der Waals surface area contributed by atoms with Crippen molar-refractivity contribution in [3.05, 3.63) is 35.2 Å². The average Bonchev–Trinajstić information content (AvgIpc) is 2.30. The van der Waals surface area contributed by atoms with E-state index in [9.17, 15) is 5.11 Å². The molecule has 0 bridgehead atoms. The molecule has 3 N–H and O–H groups in total. The molecule has 0 aliphatic rings. The molecule has 1 unspecified atom stereocenters. The van der Waals surface area contributed by atoms with Gasteiger partial charge in [-0.1, -0.05) is 24.9 Å². The van der Waals surface area contributed by atoms with Crippen LogP contribution in [0.4, 0.5) is 0 Å². The summed E-state index contributed by atoms with van der Waals surface area (Å²) in [6.45, 7) is 2.74. The first kappa shape index (κ1) is 14.3. The van der Waals surface area contributed by atoms with E-state index in [0.29, 0.717) is 18.0 Å². The zero-order valence-electron chi connectivity index (χ0n) is 9.99. The SMILES string of the molecule is CC[CH]C(CCO)NCc1cc(Cl)ccc1O. The molecule has 0 saturated heterocycles. The van der Waals surface area contributed by atoms with E-state index in [1.165, 1.54) is 0 Å². The molecule has 0 fully saturated rings. The second kappa shape index (κ2) is 7.54. The van der Waals surface area contributed by atoms with E-state index in [0.717, 1.165) is 12.0 Å². The van der Waals surface area contributed by atoms with Crippen molar-refractivity contribution in [2.24, 2.45) is 0 Å². The summed E-state index contributed by atoms with van der Waals surface area (Å²) >= 11 is 5.87. The summed E-state index contributed by atoms with van der Waals surface area (Å²) in [5, 5.41) is 22.5. The van der Waals surface area contributed by atoms with E-state index in [-0.39, 0.29) is 18.4 Å². The number of aliphatic hydroxyl groups is 1. The highest BCUT2D eigenvalue weighted by Crippen LogP contribution is 2.21. The van der Waals surface area contributed by atoms with Crippen LogP contribution < -0.4 is 5.32 Å². The van der Waals surface area contributed by atoms with Gasteiger partial charge in [-0.2, -0.15) is 0 Å². The highest BCUT2D eigenvalue weighted by atomic mass is 35.5. The second-order valence-electron chi connectivity index (χ2n) is 3.92. The van der Waals surface area contributed by atoms with Gasteiger partial charge in [-0.05, 0) is 31.0 Å². The van der Waals surface area contributed by atoms with Crippen LogP contribution in [0.25, 0.3) is 0 Å². The Morgan fingerprint density at radius 1 is 1.47 bits per heavy atom. The molecule has 0 heterocycles. The topological polar surface area (TPSA) is 52.5 Å². The van der Waals surface area contributed by atoms with Gasteiger partial charge in [0.2, 0.25) is 0 Å². The highest BCUT2D eigenvalue weighted by molar-refractivity contribution is 6.30. The van der Waals surface area contributed by atoms with Crippen LogP contribution >= 0.6 is 11.6 Å². The molecule has 0 aromatic heterocycles. The van der Waals surface area contributed by atoms with Gasteiger partial charge in [0.15, 0.2) is 0 Å². The van der Waals surface area contributed by atoms with Gasteiger partial charge in [0.05, 0.1) is 0 Å². The molecule has 1 aromatic rings. The highest BCUT2D eigenvalue weighted by Gasteiger charge is 2.08. The monoisotopic (exact) mass is 256 g/mol. The first-order valence-corrected chi connectivity index (χ1v) is 6.20. The van der Waals surface area contributed by atoms with Gasteiger partial charge in [0.1, 0.15) is 5.75 Å². The van der Waals surface area contributed by atoms with E-state index in [4.69, 9.17) is 16.7 Å². The van der Waals surface area contributed by atoms with Crippen LogP contribution in [0.3, 0.4) is 0 Å². The summed E-state index contributed by atoms with van der Waals surface area (Å²) in [5.74, 6) is 0.237. The van der Waals surface area contributed by atoms with Gasteiger partial charge in [-0.3, -0.25) is 0 Å². The normalized spacial score (nSPS) is 12.6. The van der Waals surface area contributed by atoms with Crippen LogP contribution in [-0.2, 0) is 6.54 Å². The van der Waals surface area contributed by atoms with E-state index in [1.807, 2.05) is 0 Å². The number of hydrogen-bond donors (Lipinski definition) is 3. The molecule has 0 saturated carbocycles. The third kappa shape index (κ3) is 4.94. The summed E-state index contributed by atoms with van der Waals surface area (Å²) in [6, 6.07) is 5.14. The van der Waals surface area contributed by atoms with Crippen molar-refractivity contribution in [1.82, 2.24) is 5.32 Å². The lowest BCUT2D eigenvalue weighted by Gasteiger charge is -2.17. The lowest BCUT2D eigenvalue weighted by atomic mass is 10.1. The summed E-state index contributed by atoms with van der Waals surface area (Å²) in [6.07, 6.45) is 3.73. The molecule has 1 rings (SSSR count). The van der Waals surface area contributed by atoms with Gasteiger partial charge < -0.3 is 15.5 Å². The maximum atomic E-state index is 9.65. The molecular formula is C13H19ClNO2. The summed E-state index contributed by atoms with van der Waals surface area (Å²) < 4.78 is 0. The van der Waals surface area contributed by atoms with Gasteiger partial charge >= 0.3 is 0 Å². The predicted molar refractivity (Wildman–Crippen MR) is 70.0 cm³/mol. The van der Waals surface area contributed by atoms with E-state index >= 15 is 0 Å². The fraction of sp³-hybridized carbons (Fsp3) is 0.462. The molecular weight excluding hydrogens is 238 g/mol. The first-order valence-electron chi connectivity index (χ1n) is 5.82. The number of benzene rings is 1. The Hall–Kier alpha value is -0.770. The number of hydrogen-bond acceptors (Lipinski definition) is 3. The molecule has 0 aliphatic carbocycles. The third-order valence-corrected chi connectivity index (χ3v) is 2.79. The Balaban J connectivity index is 2.55. The van der Waals surface area contributed by atoms with Crippen LogP contribution in [0.15, 0.2) is 18.2 Å². The van der Waals surface area contributed by atoms with Crippen molar-refractivity contribution in [3.8, 4) is 5.75 Å². The molecule has 1 radical (unpaired) electrons. The largest absolute Gasteiger partial charge is 0.508 e. The molecule has 1 atom stereocenters. The molecule has 0 aliphatic heterocycles. The molecule has 17 heavy (non-hydrogen) atoms. The molecule has 1 aromatic carbocycles. The maximum Gasteiger partial charge on any atom is 0.120 e. The zero-order valence-corrected chi connectivity index (χ0v) is 10.7. The van der Waals surface area contributed by atoms with E-state index < -0.39 is 0 Å². The van der Waals surface area contributed by atoms with E-state index in [1.54, 1.807) is 18.2 Å². The standard InChI is InChI=1S/C13H19ClNO2/c1-2-3-12(6-7-16)15-9-10-8-11(14)4-5-13(10)17/h3-5,8,12,15-17H,2,6-7,9H2,1H3. The van der Waals surface area contributed by atoms with E-state index in [2.05, 4.69) is 18.7 Å². The van der Waals surface area contributed by atoms with Gasteiger partial charge in [-0.15, -0.1) is 0 Å². The fourth-order valence-electron chi connectivity index (χ4n) is 1.66. The number of nitrogens with one attached hydrogen (secondary N) is 1. The minimum atomic E-state index is 0.149. The third-order valence-electron chi connectivity index (χ3n) is 2.56. The number of phenolic OH excluding ortho intramolecular Hbond substituents is 1. The Morgan fingerprint density at radius 2 is 2.24 bits per heavy atom. The van der Waals surface area contributed by atoms with Crippen molar-refractivity contribution in [2.75, 3.05) is 6.61 Å². The van der Waals surface area contributed by atoms with Crippen LogP contribution in [0, 0.1) is 6.42 Å². The molecule has 0 spiro atoms. The van der Waals surface area contributed by atoms with Gasteiger partial charge in [-0.25, -0.2) is 0 Å². The van der Waals surface area contributed by atoms with Crippen molar-refractivity contribution in [3.63, 3.8) is 0 Å². The van der Waals surface area contributed by atoms with Crippen LogP contribution in [0.5, 0.6) is 5.75 Å². The number of phenols is 1. The van der Waals surface area contributed by atoms with Crippen molar-refractivity contribution in [1.29, 1.82) is 0 Å². The molecule has 3 nitrogen and oxygen atoms in total. The number of halogens is 1. The summed E-state index contributed by atoms with van der Waals surface area (Å²) in [5.41, 5.74) is 0.768. The molecule has 95 valence electrons. The Bertz CT molecular complexity index is 338. The first-order chi connectivity index (χ1) is 8.17. The number of aromatic hydroxyl groups is 1. The molecule has 0 amide bonds. The van der Waals surface area contributed by atoms with Crippen LogP contribution in [0.1, 0.15) is 25.3 Å². The Kier molecular flexibility index (Phi) is 6.34. The second-order valence-corrected chi connectivity index (χ2v) is 4.35. The summed E-state index contributed by atoms with van der Waals surface area (Å²) in [7, 11) is 0. The van der Waals surface area contributed by atoms with Crippen LogP contribution in [-0.4, -0.2) is 22.9 Å². The minimum Gasteiger partial charge on any atom is -0.508 e. The minimum absolute atomic E-state index is 0.149. The van der Waals surface area contributed by atoms with Gasteiger partial charge in [0.25, 0.3) is 0 Å². The van der Waals surface area contributed by atoms with Crippen molar-refractivity contribution < 1.29 is 10.2 Å². The Labute approximate surface area is 107 Å². The number of rotatable bonds is 7. The number of aliphatic hydroxyl groups excluding tert-OH is 1. The smallest absolute Gasteiger partial charge is 0.120 e. The lowest BCUT2D eigenvalue weighted by molar-refractivity contribution is 0.270. The maximum absolute atomic E-state index is 9.65. The zero-order chi connectivity index (χ0) is 12.7. The van der Waals surface area contributed by atoms with Crippen molar-refractivity contribution in [2.45, 2.75) is 32.4 Å². The van der Waals surface area contributed by atoms with Crippen molar-refractivity contribution >= 4 is 11.6 Å². The van der Waals surface area contributed by atoms with Gasteiger partial charge in [0, 0.05) is 29.8 Å². The van der Waals surface area contributed by atoms with Crippen LogP contribution in [0.2, 0.25) is 5.02 Å². The fourth-order valence-corrected chi connectivity index (χ4v) is 1.86.